The van der Waals surface area contributed by atoms with Crippen LogP contribution in [0.25, 0.3) is 0 Å². The zero-order valence-corrected chi connectivity index (χ0v) is 20.1. The highest BCUT2D eigenvalue weighted by molar-refractivity contribution is 14.0. The number of aliphatic imine (C=N–C) groups is 1. The summed E-state index contributed by atoms with van der Waals surface area (Å²) in [7, 11) is 4.24. The van der Waals surface area contributed by atoms with E-state index in [4.69, 9.17) is 4.99 Å². The number of anilines is 1. The number of hydrogen-bond donors (Lipinski definition) is 2. The van der Waals surface area contributed by atoms with Crippen molar-refractivity contribution in [2.75, 3.05) is 45.2 Å². The standard InChI is InChI=1S/C21H31N5S.HI/c1-4-22-21(23-15-19(25(2)3)20-11-8-14-27-20)24-17-12-13-26(16-17)18-9-6-5-7-10-18;/h5-11,14,17,19H,4,12-13,15-16H2,1-3H3,(H2,22,23,24);1H. The van der Waals surface area contributed by atoms with Crippen LogP contribution < -0.4 is 15.5 Å². The highest BCUT2D eigenvalue weighted by atomic mass is 127. The number of nitrogens with zero attached hydrogens (tertiary/aromatic N) is 3. The Morgan fingerprint density at radius 3 is 2.68 bits per heavy atom. The summed E-state index contributed by atoms with van der Waals surface area (Å²) in [5, 5.41) is 9.18. The molecule has 0 aliphatic carbocycles. The Labute approximate surface area is 190 Å². The number of guanidine groups is 1. The maximum absolute atomic E-state index is 4.89. The van der Waals surface area contributed by atoms with Crippen LogP contribution >= 0.6 is 35.3 Å². The first-order chi connectivity index (χ1) is 13.2. The number of thiophene rings is 1. The van der Waals surface area contributed by atoms with E-state index in [9.17, 15) is 0 Å². The Balaban J connectivity index is 0.00000280. The van der Waals surface area contributed by atoms with Crippen LogP contribution in [0.4, 0.5) is 5.69 Å². The van der Waals surface area contributed by atoms with E-state index in [1.807, 2.05) is 0 Å². The summed E-state index contributed by atoms with van der Waals surface area (Å²) < 4.78 is 0. The summed E-state index contributed by atoms with van der Waals surface area (Å²) in [5.74, 6) is 0.917. The van der Waals surface area contributed by atoms with Gasteiger partial charge in [-0.15, -0.1) is 35.3 Å². The SMILES string of the molecule is CCNC(=NCC(c1cccs1)N(C)C)NC1CCN(c2ccccc2)C1.I. The smallest absolute Gasteiger partial charge is 0.191 e. The van der Waals surface area contributed by atoms with Gasteiger partial charge in [-0.2, -0.15) is 0 Å². The summed E-state index contributed by atoms with van der Waals surface area (Å²) in [5.41, 5.74) is 1.30. The second-order valence-electron chi connectivity index (χ2n) is 7.13. The number of benzene rings is 1. The van der Waals surface area contributed by atoms with Gasteiger partial charge in [-0.3, -0.25) is 4.99 Å². The number of halogens is 1. The van der Waals surface area contributed by atoms with Crippen molar-refractivity contribution >= 4 is 47.0 Å². The first kappa shape index (κ1) is 23.0. The second kappa shape index (κ2) is 11.6. The molecule has 2 unspecified atom stereocenters. The normalized spacial score (nSPS) is 18.1. The number of para-hydroxylation sites is 1. The van der Waals surface area contributed by atoms with Gasteiger partial charge in [0.25, 0.3) is 0 Å². The van der Waals surface area contributed by atoms with Crippen molar-refractivity contribution in [3.8, 4) is 0 Å². The highest BCUT2D eigenvalue weighted by Gasteiger charge is 2.23. The second-order valence-corrected chi connectivity index (χ2v) is 8.11. The van der Waals surface area contributed by atoms with Gasteiger partial charge in [0.15, 0.2) is 5.96 Å². The average Bonchev–Trinajstić information content (AvgIpc) is 3.35. The molecule has 0 amide bonds. The van der Waals surface area contributed by atoms with E-state index in [0.29, 0.717) is 12.1 Å². The first-order valence-corrected chi connectivity index (χ1v) is 10.6. The molecule has 2 heterocycles. The summed E-state index contributed by atoms with van der Waals surface area (Å²) in [4.78, 5) is 10.9. The van der Waals surface area contributed by atoms with E-state index < -0.39 is 0 Å². The van der Waals surface area contributed by atoms with E-state index in [0.717, 1.165) is 38.6 Å². The molecule has 5 nitrogen and oxygen atoms in total. The average molecular weight is 513 g/mol. The molecule has 1 aliphatic rings. The predicted octanol–water partition coefficient (Wildman–Crippen LogP) is 3.80. The maximum atomic E-state index is 4.89. The van der Waals surface area contributed by atoms with Crippen molar-refractivity contribution in [1.82, 2.24) is 15.5 Å². The molecule has 154 valence electrons. The predicted molar refractivity (Wildman–Crippen MR) is 132 cm³/mol. The Bertz CT molecular complexity index is 705. The lowest BCUT2D eigenvalue weighted by atomic mass is 10.2. The van der Waals surface area contributed by atoms with Crippen LogP contribution in [-0.2, 0) is 0 Å². The zero-order chi connectivity index (χ0) is 19.1. The van der Waals surface area contributed by atoms with Crippen LogP contribution in [-0.4, -0.2) is 57.2 Å². The molecule has 1 aromatic carbocycles. The van der Waals surface area contributed by atoms with Gasteiger partial charge in [-0.05, 0) is 51.0 Å². The van der Waals surface area contributed by atoms with Crippen molar-refractivity contribution < 1.29 is 0 Å². The topological polar surface area (TPSA) is 42.9 Å². The minimum Gasteiger partial charge on any atom is -0.369 e. The molecule has 0 radical (unpaired) electrons. The van der Waals surface area contributed by atoms with Crippen molar-refractivity contribution in [2.24, 2.45) is 4.99 Å². The Hall–Kier alpha value is -1.32. The molecule has 2 aromatic rings. The zero-order valence-electron chi connectivity index (χ0n) is 17.0. The molecule has 1 fully saturated rings. The molecule has 2 atom stereocenters. The van der Waals surface area contributed by atoms with Crippen LogP contribution in [0.5, 0.6) is 0 Å². The molecule has 0 spiro atoms. The third-order valence-corrected chi connectivity index (χ3v) is 5.89. The van der Waals surface area contributed by atoms with Gasteiger partial charge in [0.2, 0.25) is 0 Å². The van der Waals surface area contributed by atoms with Gasteiger partial charge in [0, 0.05) is 36.2 Å². The Kier molecular flexibility index (Phi) is 9.53. The van der Waals surface area contributed by atoms with Gasteiger partial charge >= 0.3 is 0 Å². The lowest BCUT2D eigenvalue weighted by molar-refractivity contribution is 0.310. The van der Waals surface area contributed by atoms with Crippen LogP contribution in [0.15, 0.2) is 52.8 Å². The largest absolute Gasteiger partial charge is 0.369 e. The van der Waals surface area contributed by atoms with Crippen molar-refractivity contribution in [1.29, 1.82) is 0 Å². The Morgan fingerprint density at radius 2 is 2.04 bits per heavy atom. The van der Waals surface area contributed by atoms with Gasteiger partial charge in [0.1, 0.15) is 0 Å². The van der Waals surface area contributed by atoms with Gasteiger partial charge < -0.3 is 20.4 Å². The highest BCUT2D eigenvalue weighted by Crippen LogP contribution is 2.23. The maximum Gasteiger partial charge on any atom is 0.191 e. The molecule has 0 bridgehead atoms. The van der Waals surface area contributed by atoms with E-state index in [-0.39, 0.29) is 24.0 Å². The fourth-order valence-electron chi connectivity index (χ4n) is 3.43. The summed E-state index contributed by atoms with van der Waals surface area (Å²) in [6.45, 7) is 5.82. The minimum absolute atomic E-state index is 0. The lowest BCUT2D eigenvalue weighted by Gasteiger charge is -2.23. The molecule has 1 aliphatic heterocycles. The third kappa shape index (κ3) is 6.35. The van der Waals surface area contributed by atoms with Crippen LogP contribution in [0.3, 0.4) is 0 Å². The first-order valence-electron chi connectivity index (χ1n) is 9.72. The fourth-order valence-corrected chi connectivity index (χ4v) is 4.35. The summed E-state index contributed by atoms with van der Waals surface area (Å²) in [6, 6.07) is 15.7. The van der Waals surface area contributed by atoms with E-state index >= 15 is 0 Å². The summed E-state index contributed by atoms with van der Waals surface area (Å²) >= 11 is 1.80. The molecule has 28 heavy (non-hydrogen) atoms. The Morgan fingerprint density at radius 1 is 1.25 bits per heavy atom. The molecule has 7 heteroatoms. The molecular weight excluding hydrogens is 481 g/mol. The van der Waals surface area contributed by atoms with Crippen LogP contribution in [0.2, 0.25) is 0 Å². The molecule has 2 N–H and O–H groups in total. The van der Waals surface area contributed by atoms with Crippen molar-refractivity contribution in [2.45, 2.75) is 25.4 Å². The van der Waals surface area contributed by atoms with Gasteiger partial charge in [0.05, 0.1) is 12.6 Å². The molecule has 3 rings (SSSR count). The molecule has 0 saturated carbocycles. The molecular formula is C21H32IN5S. The van der Waals surface area contributed by atoms with Crippen LogP contribution in [0.1, 0.15) is 24.3 Å². The van der Waals surface area contributed by atoms with E-state index in [2.05, 4.69) is 89.3 Å². The van der Waals surface area contributed by atoms with Gasteiger partial charge in [-0.1, -0.05) is 24.3 Å². The van der Waals surface area contributed by atoms with Gasteiger partial charge in [-0.25, -0.2) is 0 Å². The van der Waals surface area contributed by atoms with Crippen LogP contribution in [0, 0.1) is 0 Å². The van der Waals surface area contributed by atoms with E-state index in [1.54, 1.807) is 11.3 Å². The minimum atomic E-state index is 0. The number of rotatable bonds is 7. The fraction of sp³-hybridized carbons (Fsp3) is 0.476. The number of likely N-dealkylation sites (N-methyl/N-ethyl adjacent to an activating group) is 1. The van der Waals surface area contributed by atoms with E-state index in [1.165, 1.54) is 10.6 Å². The molecule has 1 aromatic heterocycles. The number of nitrogens with one attached hydrogen (secondary N) is 2. The van der Waals surface area contributed by atoms with Crippen molar-refractivity contribution in [3.05, 3.63) is 52.7 Å². The third-order valence-electron chi connectivity index (χ3n) is 4.91. The van der Waals surface area contributed by atoms with Crippen molar-refractivity contribution in [3.63, 3.8) is 0 Å². The lowest BCUT2D eigenvalue weighted by Crippen LogP contribution is -2.45. The molecule has 1 saturated heterocycles. The number of hydrogen-bond acceptors (Lipinski definition) is 4. The quantitative estimate of drug-likeness (QED) is 0.336. The summed E-state index contributed by atoms with van der Waals surface area (Å²) in [6.07, 6.45) is 1.13. The monoisotopic (exact) mass is 513 g/mol.